The van der Waals surface area contributed by atoms with Crippen LogP contribution in [-0.2, 0) is 16.8 Å². The molecule has 0 unspecified atom stereocenters. The second-order valence-electron chi connectivity index (χ2n) is 13.5. The van der Waals surface area contributed by atoms with Gasteiger partial charge in [0.2, 0.25) is 5.69 Å². The molecule has 48 heavy (non-hydrogen) atoms. The summed E-state index contributed by atoms with van der Waals surface area (Å²) in [6.07, 6.45) is 13.7. The Hall–Kier alpha value is -4.45. The van der Waals surface area contributed by atoms with Crippen molar-refractivity contribution in [1.82, 2.24) is 4.57 Å². The van der Waals surface area contributed by atoms with Crippen LogP contribution >= 0.6 is 0 Å². The van der Waals surface area contributed by atoms with Gasteiger partial charge in [-0.05, 0) is 55.8 Å². The van der Waals surface area contributed by atoms with Gasteiger partial charge in [0.25, 0.3) is 0 Å². The fourth-order valence-electron chi connectivity index (χ4n) is 8.08. The predicted octanol–water partition coefficient (Wildman–Crippen LogP) is 8.13. The van der Waals surface area contributed by atoms with Gasteiger partial charge in [-0.25, -0.2) is 4.79 Å². The Bertz CT molecular complexity index is 2030. The SMILES string of the molecule is CCCCCCn1/c(=C/C2=C([O-])C(=C\C3=[N+](CC)c4ccc(C(=O)O)cc4C3(CCCC)CCCC)/C2=O)c2cccc3cccc1c32. The fraction of sp³-hybridized carbons (Fsp3) is 0.405. The number of allylic oxidation sites excluding steroid dienone is 3. The molecule has 6 nitrogen and oxygen atoms in total. The molecule has 6 heteroatoms. The highest BCUT2D eigenvalue weighted by Gasteiger charge is 2.51. The molecule has 0 saturated heterocycles. The fourth-order valence-corrected chi connectivity index (χ4v) is 8.08. The monoisotopic (exact) mass is 644 g/mol. The first kappa shape index (κ1) is 33.5. The maximum absolute atomic E-state index is 14.0. The van der Waals surface area contributed by atoms with Crippen LogP contribution in [0.5, 0.6) is 0 Å². The molecule has 4 aromatic rings. The Kier molecular flexibility index (Phi) is 9.73. The number of aryl methyl sites for hydroxylation is 1. The highest BCUT2D eigenvalue weighted by molar-refractivity contribution is 6.27. The molecule has 1 aromatic heterocycles. The first-order valence-electron chi connectivity index (χ1n) is 18.0. The van der Waals surface area contributed by atoms with Crippen LogP contribution in [0.1, 0.15) is 108 Å². The Morgan fingerprint density at radius 2 is 1.60 bits per heavy atom. The number of carboxylic acid groups (broad SMARTS) is 1. The van der Waals surface area contributed by atoms with Crippen LogP contribution in [0.15, 0.2) is 77.6 Å². The zero-order chi connectivity index (χ0) is 34.0. The summed E-state index contributed by atoms with van der Waals surface area (Å²) in [7, 11) is 0. The lowest BCUT2D eigenvalue weighted by Gasteiger charge is -2.31. The van der Waals surface area contributed by atoms with E-state index in [-0.39, 0.29) is 28.3 Å². The van der Waals surface area contributed by atoms with Gasteiger partial charge < -0.3 is 14.8 Å². The van der Waals surface area contributed by atoms with E-state index in [2.05, 4.69) is 67.2 Å². The first-order chi connectivity index (χ1) is 23.3. The number of Topliss-reactive ketones (excluding diaryl/α,β-unsaturated/α-hetero) is 1. The van der Waals surface area contributed by atoms with Gasteiger partial charge in [0.15, 0.2) is 11.5 Å². The number of rotatable bonds is 15. The molecule has 2 heterocycles. The van der Waals surface area contributed by atoms with Crippen molar-refractivity contribution in [3.63, 3.8) is 0 Å². The quantitative estimate of drug-likeness (QED) is 0.0805. The number of carboxylic acids is 1. The van der Waals surface area contributed by atoms with Gasteiger partial charge in [-0.1, -0.05) is 102 Å². The summed E-state index contributed by atoms with van der Waals surface area (Å²) in [4.78, 5) is 26.1. The standard InChI is InChI=1S/C42H48N2O4/c1-5-9-12-13-24-44-35-19-15-17-28-16-14-18-30(38(28)35)36(44)26-31-39(45)32(40(31)46)27-37-42(22-10-6-2,23-11-7-3)33-25-29(41(47)48)20-21-34(33)43(37)8-4/h14-21,25-27H,5-13,22-24H2,1-4H3,(H-,45,46,47,48). The Balaban J connectivity index is 1.50. The van der Waals surface area contributed by atoms with E-state index in [1.54, 1.807) is 6.07 Å². The van der Waals surface area contributed by atoms with Crippen LogP contribution in [0.3, 0.4) is 0 Å². The summed E-state index contributed by atoms with van der Waals surface area (Å²) in [6, 6.07) is 18.0. The molecule has 0 fully saturated rings. The number of carbonyl (C=O) groups excluding carboxylic acids is 1. The molecule has 0 atom stereocenters. The molecule has 1 aliphatic carbocycles. The second-order valence-corrected chi connectivity index (χ2v) is 13.5. The highest BCUT2D eigenvalue weighted by Crippen LogP contribution is 2.48. The number of benzene rings is 3. The summed E-state index contributed by atoms with van der Waals surface area (Å²) in [5, 5.41) is 28.2. The number of fused-ring (bicyclic) bond motifs is 1. The van der Waals surface area contributed by atoms with E-state index in [0.717, 1.165) is 103 Å². The number of carbonyl (C=O) groups is 2. The molecule has 0 saturated carbocycles. The molecule has 0 radical (unpaired) electrons. The highest BCUT2D eigenvalue weighted by atomic mass is 16.4. The summed E-state index contributed by atoms with van der Waals surface area (Å²) >= 11 is 0. The van der Waals surface area contributed by atoms with Gasteiger partial charge >= 0.3 is 5.97 Å². The molecule has 6 rings (SSSR count). The minimum atomic E-state index is -0.951. The van der Waals surface area contributed by atoms with Crippen LogP contribution in [0.2, 0.25) is 0 Å². The van der Waals surface area contributed by atoms with Crippen LogP contribution in [-0.4, -0.2) is 38.3 Å². The van der Waals surface area contributed by atoms with E-state index in [9.17, 15) is 19.8 Å². The van der Waals surface area contributed by atoms with E-state index < -0.39 is 11.4 Å². The van der Waals surface area contributed by atoms with Crippen LogP contribution in [0, 0.1) is 0 Å². The van der Waals surface area contributed by atoms with Crippen LogP contribution in [0.25, 0.3) is 27.8 Å². The molecule has 3 aromatic carbocycles. The largest absolute Gasteiger partial charge is 0.871 e. The topological polar surface area (TPSA) is 85.4 Å². The molecule has 1 aliphatic heterocycles. The maximum Gasteiger partial charge on any atom is 0.335 e. The number of hydrogen-bond acceptors (Lipinski definition) is 3. The third-order valence-corrected chi connectivity index (χ3v) is 10.6. The number of unbranched alkanes of at least 4 members (excludes halogenated alkanes) is 5. The summed E-state index contributed by atoms with van der Waals surface area (Å²) in [5.41, 5.74) is 4.31. The Morgan fingerprint density at radius 1 is 0.896 bits per heavy atom. The van der Waals surface area contributed by atoms with Gasteiger partial charge in [-0.3, -0.25) is 4.79 Å². The van der Waals surface area contributed by atoms with Crippen molar-refractivity contribution in [3.05, 3.63) is 94.1 Å². The number of ketones is 1. The van der Waals surface area contributed by atoms with Crippen molar-refractivity contribution in [2.24, 2.45) is 0 Å². The number of aromatic nitrogens is 1. The van der Waals surface area contributed by atoms with Crippen LogP contribution < -0.4 is 10.5 Å². The molecule has 250 valence electrons. The number of nitrogens with zero attached hydrogens (tertiary/aromatic N) is 2. The average Bonchev–Trinajstić information content (AvgIpc) is 3.55. The smallest absolute Gasteiger partial charge is 0.335 e. The minimum Gasteiger partial charge on any atom is -0.871 e. The molecular weight excluding hydrogens is 596 g/mol. The number of aromatic carboxylic acids is 1. The Labute approximate surface area is 283 Å². The predicted molar refractivity (Wildman–Crippen MR) is 193 cm³/mol. The van der Waals surface area contributed by atoms with Crippen molar-refractivity contribution in [2.45, 2.75) is 104 Å². The van der Waals surface area contributed by atoms with Crippen molar-refractivity contribution < 1.29 is 24.4 Å². The molecule has 2 aliphatic rings. The zero-order valence-corrected chi connectivity index (χ0v) is 28.9. The lowest BCUT2D eigenvalue weighted by atomic mass is 9.69. The molecule has 0 bridgehead atoms. The van der Waals surface area contributed by atoms with Crippen molar-refractivity contribution in [3.8, 4) is 0 Å². The van der Waals surface area contributed by atoms with Crippen LogP contribution in [0.4, 0.5) is 5.69 Å². The van der Waals surface area contributed by atoms with Gasteiger partial charge in [-0.2, -0.15) is 4.58 Å². The summed E-state index contributed by atoms with van der Waals surface area (Å²) < 4.78 is 4.49. The normalized spacial score (nSPS) is 17.0. The van der Waals surface area contributed by atoms with Gasteiger partial charge in [0, 0.05) is 57.0 Å². The lowest BCUT2D eigenvalue weighted by Crippen LogP contribution is -2.38. The van der Waals surface area contributed by atoms with Gasteiger partial charge in [-0.15, -0.1) is 0 Å². The van der Waals surface area contributed by atoms with Gasteiger partial charge in [0.05, 0.1) is 11.0 Å². The maximum atomic E-state index is 14.0. The van der Waals surface area contributed by atoms with E-state index in [1.807, 2.05) is 30.4 Å². The van der Waals surface area contributed by atoms with Crippen molar-refractivity contribution >= 4 is 50.9 Å². The van der Waals surface area contributed by atoms with E-state index >= 15 is 0 Å². The summed E-state index contributed by atoms with van der Waals surface area (Å²) in [5.74, 6) is -1.38. The molecule has 0 amide bonds. The van der Waals surface area contributed by atoms with Crippen molar-refractivity contribution in [1.29, 1.82) is 0 Å². The third kappa shape index (κ3) is 5.59. The Morgan fingerprint density at radius 3 is 2.25 bits per heavy atom. The third-order valence-electron chi connectivity index (χ3n) is 10.6. The minimum absolute atomic E-state index is 0.216. The molecule has 0 spiro atoms. The van der Waals surface area contributed by atoms with E-state index in [1.165, 1.54) is 11.8 Å². The molecule has 1 N–H and O–H groups in total. The van der Waals surface area contributed by atoms with E-state index in [0.29, 0.717) is 6.54 Å². The first-order valence-corrected chi connectivity index (χ1v) is 18.0. The van der Waals surface area contributed by atoms with Crippen molar-refractivity contribution in [2.75, 3.05) is 6.54 Å². The number of hydrogen-bond donors (Lipinski definition) is 1. The summed E-state index contributed by atoms with van der Waals surface area (Å²) in [6.45, 7) is 10.1. The average molecular weight is 645 g/mol. The molecular formula is C42H48N2O4. The lowest BCUT2D eigenvalue weighted by molar-refractivity contribution is -0.433. The zero-order valence-electron chi connectivity index (χ0n) is 28.9. The second kappa shape index (κ2) is 14.0. The van der Waals surface area contributed by atoms with Gasteiger partial charge in [0.1, 0.15) is 6.54 Å². The van der Waals surface area contributed by atoms with E-state index in [4.69, 9.17) is 0 Å².